The van der Waals surface area contributed by atoms with Crippen LogP contribution in [0.5, 0.6) is 0 Å². The van der Waals surface area contributed by atoms with Crippen LogP contribution >= 0.6 is 0 Å². The van der Waals surface area contributed by atoms with Crippen molar-refractivity contribution in [2.24, 2.45) is 0 Å². The SMILES string of the molecule is Cc1cc(NS(=O)(=O)N(C)CC(=O)O)n[nH]1. The molecule has 0 aliphatic rings. The third-order valence-electron chi connectivity index (χ3n) is 1.71. The quantitative estimate of drug-likeness (QED) is 0.643. The molecule has 0 aliphatic carbocycles. The number of rotatable bonds is 5. The van der Waals surface area contributed by atoms with Gasteiger partial charge in [-0.15, -0.1) is 0 Å². The van der Waals surface area contributed by atoms with Gasteiger partial charge in [0.2, 0.25) is 0 Å². The average Bonchev–Trinajstić information content (AvgIpc) is 2.49. The highest BCUT2D eigenvalue weighted by atomic mass is 32.2. The second kappa shape index (κ2) is 4.49. The predicted molar refractivity (Wildman–Crippen MR) is 56.1 cm³/mol. The van der Waals surface area contributed by atoms with Gasteiger partial charge in [0.25, 0.3) is 0 Å². The highest BCUT2D eigenvalue weighted by Crippen LogP contribution is 2.08. The monoisotopic (exact) mass is 248 g/mol. The molecule has 0 amide bonds. The van der Waals surface area contributed by atoms with Crippen molar-refractivity contribution in [2.75, 3.05) is 18.3 Å². The van der Waals surface area contributed by atoms with Gasteiger partial charge in [0, 0.05) is 18.8 Å². The summed E-state index contributed by atoms with van der Waals surface area (Å²) in [6.07, 6.45) is 0. The molecule has 0 saturated carbocycles. The lowest BCUT2D eigenvalue weighted by Crippen LogP contribution is -2.36. The van der Waals surface area contributed by atoms with Crippen LogP contribution in [0.3, 0.4) is 0 Å². The van der Waals surface area contributed by atoms with Crippen molar-refractivity contribution in [2.45, 2.75) is 6.92 Å². The second-order valence-corrected chi connectivity index (χ2v) is 4.97. The van der Waals surface area contributed by atoms with E-state index in [0.717, 1.165) is 7.05 Å². The Bertz CT molecular complexity index is 480. The number of aliphatic carboxylic acids is 1. The Morgan fingerprint density at radius 3 is 2.75 bits per heavy atom. The number of anilines is 1. The summed E-state index contributed by atoms with van der Waals surface area (Å²) in [6.45, 7) is 1.10. The molecule has 0 spiro atoms. The third kappa shape index (κ3) is 3.21. The molecule has 16 heavy (non-hydrogen) atoms. The first kappa shape index (κ1) is 12.5. The van der Waals surface area contributed by atoms with Gasteiger partial charge in [0.05, 0.1) is 0 Å². The molecule has 9 heteroatoms. The van der Waals surface area contributed by atoms with E-state index in [9.17, 15) is 13.2 Å². The van der Waals surface area contributed by atoms with Gasteiger partial charge in [-0.1, -0.05) is 0 Å². The number of nitrogens with one attached hydrogen (secondary N) is 2. The molecule has 90 valence electrons. The minimum Gasteiger partial charge on any atom is -0.480 e. The Hall–Kier alpha value is -1.61. The van der Waals surface area contributed by atoms with E-state index in [1.807, 2.05) is 0 Å². The van der Waals surface area contributed by atoms with Gasteiger partial charge in [-0.3, -0.25) is 14.6 Å². The van der Waals surface area contributed by atoms with Gasteiger partial charge in [0.1, 0.15) is 6.54 Å². The average molecular weight is 248 g/mol. The number of aromatic nitrogens is 2. The predicted octanol–water partition coefficient (Wildman–Crippen LogP) is -0.609. The van der Waals surface area contributed by atoms with E-state index >= 15 is 0 Å². The Kier molecular flexibility index (Phi) is 3.50. The fourth-order valence-electron chi connectivity index (χ4n) is 0.956. The normalized spacial score (nSPS) is 11.7. The summed E-state index contributed by atoms with van der Waals surface area (Å²) >= 11 is 0. The zero-order chi connectivity index (χ0) is 12.3. The summed E-state index contributed by atoms with van der Waals surface area (Å²) in [7, 11) is -2.71. The van der Waals surface area contributed by atoms with Crippen LogP contribution in [0.15, 0.2) is 6.07 Å². The highest BCUT2D eigenvalue weighted by Gasteiger charge is 2.20. The van der Waals surface area contributed by atoms with Crippen molar-refractivity contribution in [1.29, 1.82) is 0 Å². The molecule has 0 bridgehead atoms. The van der Waals surface area contributed by atoms with E-state index in [1.54, 1.807) is 6.92 Å². The maximum atomic E-state index is 11.5. The van der Waals surface area contributed by atoms with Crippen LogP contribution in [-0.2, 0) is 15.0 Å². The van der Waals surface area contributed by atoms with Crippen molar-refractivity contribution in [3.05, 3.63) is 11.8 Å². The standard InChI is InChI=1S/C7H12N4O4S/c1-5-3-6(9-8-5)10-16(14,15)11(2)4-7(12)13/h3H,4H2,1-2H3,(H,12,13)(H2,8,9,10). The number of likely N-dealkylation sites (N-methyl/N-ethyl adjacent to an activating group) is 1. The summed E-state index contributed by atoms with van der Waals surface area (Å²) in [5.74, 6) is -1.11. The largest absolute Gasteiger partial charge is 0.480 e. The van der Waals surface area contributed by atoms with Crippen LogP contribution in [0.25, 0.3) is 0 Å². The molecule has 1 aromatic heterocycles. The number of carboxylic acid groups (broad SMARTS) is 1. The van der Waals surface area contributed by atoms with Crippen LogP contribution < -0.4 is 4.72 Å². The van der Waals surface area contributed by atoms with E-state index in [1.165, 1.54) is 6.07 Å². The van der Waals surface area contributed by atoms with Crippen molar-refractivity contribution >= 4 is 22.0 Å². The fourth-order valence-corrected chi connectivity index (χ4v) is 1.76. The molecule has 0 aliphatic heterocycles. The summed E-state index contributed by atoms with van der Waals surface area (Å²) < 4.78 is 25.9. The Morgan fingerprint density at radius 1 is 1.69 bits per heavy atom. The first-order chi connectivity index (χ1) is 7.31. The molecule has 0 aromatic carbocycles. The number of carboxylic acids is 1. The first-order valence-corrected chi connectivity index (χ1v) is 5.73. The Morgan fingerprint density at radius 2 is 2.31 bits per heavy atom. The number of aromatic amines is 1. The zero-order valence-electron chi connectivity index (χ0n) is 8.76. The van der Waals surface area contributed by atoms with E-state index in [4.69, 9.17) is 5.11 Å². The molecule has 0 saturated heterocycles. The van der Waals surface area contributed by atoms with Crippen LogP contribution in [0, 0.1) is 6.92 Å². The molecular formula is C7H12N4O4S. The van der Waals surface area contributed by atoms with Crippen LogP contribution in [0.2, 0.25) is 0 Å². The number of carbonyl (C=O) groups is 1. The molecule has 8 nitrogen and oxygen atoms in total. The molecule has 1 heterocycles. The number of nitrogens with zero attached hydrogens (tertiary/aromatic N) is 2. The van der Waals surface area contributed by atoms with Crippen LogP contribution in [0.4, 0.5) is 5.82 Å². The smallest absolute Gasteiger partial charge is 0.318 e. The summed E-state index contributed by atoms with van der Waals surface area (Å²) in [6, 6.07) is 1.49. The minimum atomic E-state index is -3.88. The van der Waals surface area contributed by atoms with Gasteiger partial charge < -0.3 is 5.11 Å². The molecule has 3 N–H and O–H groups in total. The van der Waals surface area contributed by atoms with E-state index < -0.39 is 22.7 Å². The summed E-state index contributed by atoms with van der Waals surface area (Å²) in [5.41, 5.74) is 0.693. The van der Waals surface area contributed by atoms with E-state index in [0.29, 0.717) is 10.00 Å². The second-order valence-electron chi connectivity index (χ2n) is 3.19. The fraction of sp³-hybridized carbons (Fsp3) is 0.429. The minimum absolute atomic E-state index is 0.120. The molecule has 1 aromatic rings. The van der Waals surface area contributed by atoms with Gasteiger partial charge in [-0.05, 0) is 6.92 Å². The molecule has 0 atom stereocenters. The van der Waals surface area contributed by atoms with Gasteiger partial charge in [-0.25, -0.2) is 0 Å². The third-order valence-corrected chi connectivity index (χ3v) is 3.12. The summed E-state index contributed by atoms with van der Waals surface area (Å²) in [5, 5.41) is 14.7. The van der Waals surface area contributed by atoms with E-state index in [-0.39, 0.29) is 5.82 Å². The lowest BCUT2D eigenvalue weighted by Gasteiger charge is -2.14. The summed E-state index contributed by atoms with van der Waals surface area (Å²) in [4.78, 5) is 10.4. The van der Waals surface area contributed by atoms with Crippen LogP contribution in [-0.4, -0.2) is 47.6 Å². The molecule has 0 unspecified atom stereocenters. The molecule has 0 fully saturated rings. The maximum Gasteiger partial charge on any atom is 0.318 e. The Balaban J connectivity index is 2.75. The van der Waals surface area contributed by atoms with Gasteiger partial charge in [-0.2, -0.15) is 17.8 Å². The Labute approximate surface area is 92.5 Å². The lowest BCUT2D eigenvalue weighted by atomic mass is 10.5. The number of hydrogen-bond acceptors (Lipinski definition) is 4. The molecule has 0 radical (unpaired) electrons. The maximum absolute atomic E-state index is 11.5. The lowest BCUT2D eigenvalue weighted by molar-refractivity contribution is -0.137. The number of aryl methyl sites for hydroxylation is 1. The van der Waals surface area contributed by atoms with E-state index in [2.05, 4.69) is 14.9 Å². The van der Waals surface area contributed by atoms with Crippen molar-refractivity contribution in [3.8, 4) is 0 Å². The van der Waals surface area contributed by atoms with Crippen LogP contribution in [0.1, 0.15) is 5.69 Å². The van der Waals surface area contributed by atoms with Crippen molar-refractivity contribution in [1.82, 2.24) is 14.5 Å². The molecule has 1 rings (SSSR count). The zero-order valence-corrected chi connectivity index (χ0v) is 9.58. The number of hydrogen-bond donors (Lipinski definition) is 3. The number of H-pyrrole nitrogens is 1. The van der Waals surface area contributed by atoms with Crippen molar-refractivity contribution in [3.63, 3.8) is 0 Å². The molecular weight excluding hydrogens is 236 g/mol. The first-order valence-electron chi connectivity index (χ1n) is 4.29. The topological polar surface area (TPSA) is 115 Å². The van der Waals surface area contributed by atoms with Gasteiger partial charge >= 0.3 is 16.2 Å². The van der Waals surface area contributed by atoms with Gasteiger partial charge in [0.15, 0.2) is 5.82 Å². The highest BCUT2D eigenvalue weighted by molar-refractivity contribution is 7.90. The van der Waals surface area contributed by atoms with Crippen molar-refractivity contribution < 1.29 is 18.3 Å².